The molecule has 0 unspecified atom stereocenters. The second kappa shape index (κ2) is 7.58. The highest BCUT2D eigenvalue weighted by atomic mass is 19.1. The molecule has 2 N–H and O–H groups in total. The Morgan fingerprint density at radius 2 is 2.00 bits per heavy atom. The van der Waals surface area contributed by atoms with Gasteiger partial charge in [0.25, 0.3) is 11.5 Å². The molecule has 0 radical (unpaired) electrons. The number of aromatic nitrogens is 1. The number of H-pyrrole nitrogens is 1. The van der Waals surface area contributed by atoms with Crippen LogP contribution in [0.2, 0.25) is 0 Å². The Kier molecular flexibility index (Phi) is 5.51. The van der Waals surface area contributed by atoms with Gasteiger partial charge in [0.15, 0.2) is 0 Å². The summed E-state index contributed by atoms with van der Waals surface area (Å²) in [5.41, 5.74) is 0.768. The van der Waals surface area contributed by atoms with Gasteiger partial charge in [0.1, 0.15) is 11.4 Å². The molecule has 122 valence electrons. The van der Waals surface area contributed by atoms with E-state index in [2.05, 4.69) is 10.3 Å². The van der Waals surface area contributed by atoms with Gasteiger partial charge in [0, 0.05) is 25.8 Å². The van der Waals surface area contributed by atoms with Gasteiger partial charge >= 0.3 is 0 Å². The molecule has 0 saturated carbocycles. The summed E-state index contributed by atoms with van der Waals surface area (Å²) in [7, 11) is 0. The number of hydrogen-bond acceptors (Lipinski definition) is 3. The van der Waals surface area contributed by atoms with E-state index in [0.29, 0.717) is 11.3 Å². The fourth-order valence-corrected chi connectivity index (χ4v) is 2.36. The number of nitrogens with one attached hydrogen (secondary N) is 2. The minimum Gasteiger partial charge on any atom is -0.370 e. The average Bonchev–Trinajstić information content (AvgIpc) is 2.56. The number of nitrogens with zero attached hydrogens (tertiary/aromatic N) is 1. The second-order valence-electron chi connectivity index (χ2n) is 5.05. The van der Waals surface area contributed by atoms with Crippen LogP contribution in [0, 0.1) is 5.82 Å². The van der Waals surface area contributed by atoms with Gasteiger partial charge in [0.05, 0.1) is 5.69 Å². The summed E-state index contributed by atoms with van der Waals surface area (Å²) in [5.74, 6) is -0.807. The lowest BCUT2D eigenvalue weighted by atomic mass is 10.1. The zero-order valence-electron chi connectivity index (χ0n) is 13.2. The number of amides is 1. The fraction of sp³-hybridized carbons (Fsp3) is 0.294. The molecule has 5 nitrogen and oxygen atoms in total. The van der Waals surface area contributed by atoms with Gasteiger partial charge in [-0.3, -0.25) is 9.59 Å². The van der Waals surface area contributed by atoms with Crippen molar-refractivity contribution in [3.63, 3.8) is 0 Å². The Morgan fingerprint density at radius 3 is 2.61 bits per heavy atom. The van der Waals surface area contributed by atoms with E-state index in [1.165, 1.54) is 18.3 Å². The second-order valence-corrected chi connectivity index (χ2v) is 5.05. The molecule has 0 spiro atoms. The zero-order chi connectivity index (χ0) is 16.8. The lowest BCUT2D eigenvalue weighted by Crippen LogP contribution is -2.29. The molecule has 6 heteroatoms. The van der Waals surface area contributed by atoms with Crippen LogP contribution in [0.3, 0.4) is 0 Å². The first-order chi connectivity index (χ1) is 11.1. The maximum Gasteiger partial charge on any atom is 0.260 e. The Balaban J connectivity index is 2.07. The monoisotopic (exact) mass is 317 g/mol. The number of pyridine rings is 1. The van der Waals surface area contributed by atoms with Crippen LogP contribution in [-0.2, 0) is 6.54 Å². The smallest absolute Gasteiger partial charge is 0.260 e. The predicted octanol–water partition coefficient (Wildman–Crippen LogP) is 2.29. The van der Waals surface area contributed by atoms with Gasteiger partial charge in [-0.15, -0.1) is 0 Å². The molecule has 1 heterocycles. The first-order valence-electron chi connectivity index (χ1n) is 7.56. The Labute approximate surface area is 134 Å². The first-order valence-corrected chi connectivity index (χ1v) is 7.56. The van der Waals surface area contributed by atoms with Crippen LogP contribution < -0.4 is 15.8 Å². The number of benzene rings is 1. The number of carbonyl (C=O) groups is 1. The molecular weight excluding hydrogens is 297 g/mol. The molecule has 0 aliphatic heterocycles. The van der Waals surface area contributed by atoms with Crippen LogP contribution in [0.5, 0.6) is 0 Å². The molecule has 0 fully saturated rings. The van der Waals surface area contributed by atoms with Crippen molar-refractivity contribution >= 4 is 11.6 Å². The maximum atomic E-state index is 14.2. The van der Waals surface area contributed by atoms with Gasteiger partial charge < -0.3 is 15.2 Å². The highest BCUT2D eigenvalue weighted by Gasteiger charge is 2.11. The van der Waals surface area contributed by atoms with E-state index in [-0.39, 0.29) is 17.9 Å². The van der Waals surface area contributed by atoms with E-state index in [1.807, 2.05) is 18.7 Å². The molecular formula is C17H20FN3O2. The van der Waals surface area contributed by atoms with Crippen molar-refractivity contribution in [1.82, 2.24) is 10.3 Å². The largest absolute Gasteiger partial charge is 0.370 e. The Hall–Kier alpha value is -2.63. The molecule has 2 aromatic rings. The van der Waals surface area contributed by atoms with Crippen molar-refractivity contribution in [3.05, 3.63) is 63.8 Å². The van der Waals surface area contributed by atoms with E-state index in [9.17, 15) is 14.0 Å². The molecule has 0 atom stereocenters. The topological polar surface area (TPSA) is 65.2 Å². The lowest BCUT2D eigenvalue weighted by molar-refractivity contribution is 0.0949. The third-order valence-electron chi connectivity index (χ3n) is 3.63. The minimum absolute atomic E-state index is 0.0349. The maximum absolute atomic E-state index is 14.2. The average molecular weight is 317 g/mol. The molecule has 0 bridgehead atoms. The normalized spacial score (nSPS) is 10.4. The van der Waals surface area contributed by atoms with Crippen LogP contribution in [0.4, 0.5) is 10.1 Å². The molecule has 1 amide bonds. The van der Waals surface area contributed by atoms with Crippen LogP contribution in [-0.4, -0.2) is 24.0 Å². The summed E-state index contributed by atoms with van der Waals surface area (Å²) in [5, 5.41) is 2.62. The lowest BCUT2D eigenvalue weighted by Gasteiger charge is -2.21. The van der Waals surface area contributed by atoms with E-state index in [1.54, 1.807) is 18.2 Å². The number of halogens is 1. The summed E-state index contributed by atoms with van der Waals surface area (Å²) in [4.78, 5) is 27.8. The zero-order valence-corrected chi connectivity index (χ0v) is 13.2. The first kappa shape index (κ1) is 16.7. The summed E-state index contributed by atoms with van der Waals surface area (Å²) in [6.45, 7) is 5.53. The van der Waals surface area contributed by atoms with E-state index in [4.69, 9.17) is 0 Å². The quantitative estimate of drug-likeness (QED) is 0.859. The third-order valence-corrected chi connectivity index (χ3v) is 3.63. The fourth-order valence-electron chi connectivity index (χ4n) is 2.36. The Morgan fingerprint density at radius 1 is 1.26 bits per heavy atom. The van der Waals surface area contributed by atoms with Crippen LogP contribution in [0.25, 0.3) is 0 Å². The molecule has 1 aromatic heterocycles. The van der Waals surface area contributed by atoms with Crippen LogP contribution in [0.1, 0.15) is 29.8 Å². The molecule has 2 rings (SSSR count). The Bertz CT molecular complexity index is 739. The van der Waals surface area contributed by atoms with E-state index in [0.717, 1.165) is 13.1 Å². The molecule has 0 aliphatic rings. The number of carbonyl (C=O) groups excluding carboxylic acids is 1. The van der Waals surface area contributed by atoms with Crippen molar-refractivity contribution in [2.75, 3.05) is 18.0 Å². The van der Waals surface area contributed by atoms with Gasteiger partial charge in [0.2, 0.25) is 0 Å². The van der Waals surface area contributed by atoms with Crippen molar-refractivity contribution < 1.29 is 9.18 Å². The highest BCUT2D eigenvalue weighted by molar-refractivity contribution is 5.93. The molecule has 0 saturated heterocycles. The molecule has 1 aromatic carbocycles. The van der Waals surface area contributed by atoms with Gasteiger partial charge in [-0.2, -0.15) is 0 Å². The standard InChI is InChI=1S/C17H20FN3O2/c1-3-21(4-2)15-8-7-12(10-14(15)18)11-20-17(23)13-6-5-9-19-16(13)22/h5-10H,3-4,11H2,1-2H3,(H,19,22)(H,20,23). The molecule has 23 heavy (non-hydrogen) atoms. The van der Waals surface area contributed by atoms with Crippen molar-refractivity contribution in [3.8, 4) is 0 Å². The van der Waals surface area contributed by atoms with Crippen LogP contribution >= 0.6 is 0 Å². The van der Waals surface area contributed by atoms with Gasteiger partial charge in [-0.25, -0.2) is 4.39 Å². The SMILES string of the molecule is CCN(CC)c1ccc(CNC(=O)c2ccc[nH]c2=O)cc1F. The minimum atomic E-state index is -0.486. The third kappa shape index (κ3) is 3.97. The number of rotatable bonds is 6. The van der Waals surface area contributed by atoms with Crippen molar-refractivity contribution in [2.45, 2.75) is 20.4 Å². The number of hydrogen-bond donors (Lipinski definition) is 2. The summed E-state index contributed by atoms with van der Waals surface area (Å²) in [6, 6.07) is 7.90. The van der Waals surface area contributed by atoms with Gasteiger partial charge in [-0.1, -0.05) is 6.07 Å². The van der Waals surface area contributed by atoms with E-state index >= 15 is 0 Å². The number of aromatic amines is 1. The van der Waals surface area contributed by atoms with E-state index < -0.39 is 11.5 Å². The number of anilines is 1. The molecule has 0 aliphatic carbocycles. The summed E-state index contributed by atoms with van der Waals surface area (Å²) < 4.78 is 14.2. The van der Waals surface area contributed by atoms with Crippen molar-refractivity contribution in [2.24, 2.45) is 0 Å². The van der Waals surface area contributed by atoms with Crippen molar-refractivity contribution in [1.29, 1.82) is 0 Å². The van der Waals surface area contributed by atoms with Gasteiger partial charge in [-0.05, 0) is 43.7 Å². The highest BCUT2D eigenvalue weighted by Crippen LogP contribution is 2.20. The summed E-state index contributed by atoms with van der Waals surface area (Å²) >= 11 is 0. The predicted molar refractivity (Wildman–Crippen MR) is 88.2 cm³/mol. The van der Waals surface area contributed by atoms with Crippen LogP contribution in [0.15, 0.2) is 41.3 Å². The summed E-state index contributed by atoms with van der Waals surface area (Å²) in [6.07, 6.45) is 1.46.